The van der Waals surface area contributed by atoms with Crippen LogP contribution < -0.4 is 0 Å². The van der Waals surface area contributed by atoms with Gasteiger partial charge in [-0.15, -0.1) is 0 Å². The van der Waals surface area contributed by atoms with Crippen molar-refractivity contribution < 1.29 is 5.11 Å². The first-order chi connectivity index (χ1) is 6.72. The molecular formula is C12H13NO. The van der Waals surface area contributed by atoms with Crippen LogP contribution in [-0.4, -0.2) is 5.11 Å². The van der Waals surface area contributed by atoms with Crippen molar-refractivity contribution in [1.29, 1.82) is 5.26 Å². The van der Waals surface area contributed by atoms with Gasteiger partial charge < -0.3 is 5.11 Å². The average molecular weight is 187 g/mol. The highest BCUT2D eigenvalue weighted by atomic mass is 16.3. The van der Waals surface area contributed by atoms with Crippen molar-refractivity contribution in [2.45, 2.75) is 25.9 Å². The number of hydrogen-bond donors (Lipinski definition) is 1. The summed E-state index contributed by atoms with van der Waals surface area (Å²) in [5.74, 6) is 0.329. The summed E-state index contributed by atoms with van der Waals surface area (Å²) in [7, 11) is 0. The number of benzene rings is 1. The molecule has 1 aliphatic carbocycles. The molecule has 2 atom stereocenters. The summed E-state index contributed by atoms with van der Waals surface area (Å²) in [5, 5.41) is 18.7. The van der Waals surface area contributed by atoms with Crippen LogP contribution >= 0.6 is 0 Å². The normalized spacial score (nSPS) is 25.2. The van der Waals surface area contributed by atoms with E-state index in [2.05, 4.69) is 13.0 Å². The number of aliphatic hydroxyl groups is 1. The zero-order valence-electron chi connectivity index (χ0n) is 8.20. The van der Waals surface area contributed by atoms with Gasteiger partial charge in [-0.3, -0.25) is 0 Å². The summed E-state index contributed by atoms with van der Waals surface area (Å²) in [6.45, 7) is 2.06. The Kier molecular flexibility index (Phi) is 2.26. The van der Waals surface area contributed by atoms with Gasteiger partial charge in [0.15, 0.2) is 0 Å². The van der Waals surface area contributed by atoms with Gasteiger partial charge in [0.1, 0.15) is 0 Å². The molecule has 0 unspecified atom stereocenters. The fourth-order valence-corrected chi connectivity index (χ4v) is 2.03. The van der Waals surface area contributed by atoms with E-state index in [1.165, 1.54) is 0 Å². The minimum atomic E-state index is -0.355. The Morgan fingerprint density at radius 3 is 3.00 bits per heavy atom. The Morgan fingerprint density at radius 1 is 1.50 bits per heavy atom. The summed E-state index contributed by atoms with van der Waals surface area (Å²) in [5.41, 5.74) is 2.82. The first-order valence-corrected chi connectivity index (χ1v) is 4.93. The molecular weight excluding hydrogens is 174 g/mol. The highest BCUT2D eigenvalue weighted by molar-refractivity contribution is 5.40. The largest absolute Gasteiger partial charge is 0.388 e. The van der Waals surface area contributed by atoms with Gasteiger partial charge in [-0.25, -0.2) is 0 Å². The maximum absolute atomic E-state index is 9.91. The molecule has 0 aliphatic heterocycles. The third kappa shape index (κ3) is 1.40. The summed E-state index contributed by atoms with van der Waals surface area (Å²) in [4.78, 5) is 0. The first kappa shape index (κ1) is 9.23. The third-order valence-corrected chi connectivity index (χ3v) is 3.00. The molecule has 1 N–H and O–H groups in total. The summed E-state index contributed by atoms with van der Waals surface area (Å²) < 4.78 is 0. The Morgan fingerprint density at radius 2 is 2.29 bits per heavy atom. The molecule has 2 heteroatoms. The second-order valence-electron chi connectivity index (χ2n) is 3.99. The highest BCUT2D eigenvalue weighted by Crippen LogP contribution is 2.34. The van der Waals surface area contributed by atoms with Crippen molar-refractivity contribution in [2.24, 2.45) is 5.92 Å². The molecule has 14 heavy (non-hydrogen) atoms. The molecule has 0 heterocycles. The molecule has 0 spiro atoms. The molecule has 72 valence electrons. The van der Waals surface area contributed by atoms with Crippen LogP contribution in [0.3, 0.4) is 0 Å². The Hall–Kier alpha value is -1.33. The van der Waals surface area contributed by atoms with Gasteiger partial charge in [-0.05, 0) is 42.0 Å². The van der Waals surface area contributed by atoms with Crippen LogP contribution in [0, 0.1) is 17.2 Å². The van der Waals surface area contributed by atoms with Gasteiger partial charge in [0.2, 0.25) is 0 Å². The topological polar surface area (TPSA) is 44.0 Å². The number of nitrogens with zero attached hydrogens (tertiary/aromatic N) is 1. The number of rotatable bonds is 0. The number of hydrogen-bond acceptors (Lipinski definition) is 2. The molecule has 1 aliphatic rings. The fraction of sp³-hybridized carbons (Fsp3) is 0.417. The smallest absolute Gasteiger partial charge is 0.0991 e. The van der Waals surface area contributed by atoms with E-state index in [4.69, 9.17) is 5.26 Å². The number of aryl methyl sites for hydroxylation is 1. The average Bonchev–Trinajstić information content (AvgIpc) is 2.23. The van der Waals surface area contributed by atoms with E-state index in [1.54, 1.807) is 6.07 Å². The zero-order chi connectivity index (χ0) is 10.1. The SMILES string of the molecule is C[C@H]1CCc2cc(C#N)ccc2[C@@H]1O. The predicted octanol–water partition coefficient (Wildman–Crippen LogP) is 2.17. The third-order valence-electron chi connectivity index (χ3n) is 3.00. The molecule has 0 amide bonds. The van der Waals surface area contributed by atoms with Crippen LogP contribution in [0.15, 0.2) is 18.2 Å². The van der Waals surface area contributed by atoms with Crippen molar-refractivity contribution in [2.75, 3.05) is 0 Å². The second kappa shape index (κ2) is 3.43. The zero-order valence-corrected chi connectivity index (χ0v) is 8.20. The number of aliphatic hydroxyl groups excluding tert-OH is 1. The summed E-state index contributed by atoms with van der Waals surface area (Å²) in [6, 6.07) is 7.68. The maximum atomic E-state index is 9.91. The van der Waals surface area contributed by atoms with Gasteiger partial charge in [0.25, 0.3) is 0 Å². The molecule has 2 nitrogen and oxygen atoms in total. The highest BCUT2D eigenvalue weighted by Gasteiger charge is 2.24. The Balaban J connectivity index is 2.45. The van der Waals surface area contributed by atoms with E-state index in [1.807, 2.05) is 12.1 Å². The molecule has 0 radical (unpaired) electrons. The summed E-state index contributed by atoms with van der Waals surface area (Å²) >= 11 is 0. The fourth-order valence-electron chi connectivity index (χ4n) is 2.03. The van der Waals surface area contributed by atoms with Crippen molar-refractivity contribution in [3.63, 3.8) is 0 Å². The molecule has 0 bridgehead atoms. The lowest BCUT2D eigenvalue weighted by Gasteiger charge is -2.27. The van der Waals surface area contributed by atoms with E-state index in [0.717, 1.165) is 24.0 Å². The van der Waals surface area contributed by atoms with Gasteiger partial charge in [0.05, 0.1) is 17.7 Å². The number of fused-ring (bicyclic) bond motifs is 1. The van der Waals surface area contributed by atoms with E-state index in [-0.39, 0.29) is 6.10 Å². The molecule has 1 aromatic carbocycles. The lowest BCUT2D eigenvalue weighted by Crippen LogP contribution is -2.17. The van der Waals surface area contributed by atoms with Crippen molar-refractivity contribution in [3.05, 3.63) is 34.9 Å². The van der Waals surface area contributed by atoms with Gasteiger partial charge in [-0.2, -0.15) is 5.26 Å². The van der Waals surface area contributed by atoms with Crippen LogP contribution in [0.5, 0.6) is 0 Å². The maximum Gasteiger partial charge on any atom is 0.0991 e. The Bertz CT molecular complexity index is 392. The van der Waals surface area contributed by atoms with Gasteiger partial charge in [0, 0.05) is 0 Å². The van der Waals surface area contributed by atoms with Crippen LogP contribution in [0.25, 0.3) is 0 Å². The molecule has 2 rings (SSSR count). The lowest BCUT2D eigenvalue weighted by atomic mass is 9.82. The van der Waals surface area contributed by atoms with E-state index in [0.29, 0.717) is 11.5 Å². The molecule has 0 aromatic heterocycles. The standard InChI is InChI=1S/C12H13NO/c1-8-2-4-10-6-9(7-13)3-5-11(10)12(8)14/h3,5-6,8,12,14H,2,4H2,1H3/t8-,12+/m0/s1. The van der Waals surface area contributed by atoms with E-state index >= 15 is 0 Å². The predicted molar refractivity (Wildman–Crippen MR) is 53.6 cm³/mol. The van der Waals surface area contributed by atoms with Crippen LogP contribution in [0.4, 0.5) is 0 Å². The molecule has 0 fully saturated rings. The lowest BCUT2D eigenvalue weighted by molar-refractivity contribution is 0.104. The minimum absolute atomic E-state index is 0.329. The molecule has 0 saturated carbocycles. The van der Waals surface area contributed by atoms with Crippen molar-refractivity contribution in [3.8, 4) is 6.07 Å². The minimum Gasteiger partial charge on any atom is -0.388 e. The van der Waals surface area contributed by atoms with Gasteiger partial charge >= 0.3 is 0 Å². The Labute approximate surface area is 83.8 Å². The van der Waals surface area contributed by atoms with Crippen molar-refractivity contribution in [1.82, 2.24) is 0 Å². The van der Waals surface area contributed by atoms with Crippen LogP contribution in [0.2, 0.25) is 0 Å². The quantitative estimate of drug-likeness (QED) is 0.676. The monoisotopic (exact) mass is 187 g/mol. The first-order valence-electron chi connectivity index (χ1n) is 4.93. The van der Waals surface area contributed by atoms with Crippen LogP contribution in [0.1, 0.15) is 36.1 Å². The molecule has 0 saturated heterocycles. The van der Waals surface area contributed by atoms with Gasteiger partial charge in [-0.1, -0.05) is 13.0 Å². The number of nitriles is 1. The van der Waals surface area contributed by atoms with Crippen LogP contribution in [-0.2, 0) is 6.42 Å². The van der Waals surface area contributed by atoms with E-state index in [9.17, 15) is 5.11 Å². The second-order valence-corrected chi connectivity index (χ2v) is 3.99. The summed E-state index contributed by atoms with van der Waals surface area (Å²) in [6.07, 6.45) is 1.62. The molecule has 1 aromatic rings. The van der Waals surface area contributed by atoms with Crippen molar-refractivity contribution >= 4 is 0 Å². The van der Waals surface area contributed by atoms with E-state index < -0.39 is 0 Å².